The van der Waals surface area contributed by atoms with Gasteiger partial charge in [0.2, 0.25) is 5.95 Å². The third-order valence-corrected chi connectivity index (χ3v) is 6.26. The number of benzene rings is 1. The Morgan fingerprint density at radius 1 is 1.09 bits per heavy atom. The van der Waals surface area contributed by atoms with Crippen LogP contribution in [0.15, 0.2) is 47.4 Å². The van der Waals surface area contributed by atoms with Gasteiger partial charge >= 0.3 is 0 Å². The third-order valence-electron chi connectivity index (χ3n) is 6.26. The van der Waals surface area contributed by atoms with E-state index in [1.54, 1.807) is 37.1 Å². The van der Waals surface area contributed by atoms with Gasteiger partial charge in [-0.05, 0) is 50.7 Å². The first-order valence-corrected chi connectivity index (χ1v) is 10.9. The molecule has 1 fully saturated rings. The maximum atomic E-state index is 13.7. The van der Waals surface area contributed by atoms with Crippen molar-refractivity contribution in [1.29, 1.82) is 0 Å². The Morgan fingerprint density at radius 3 is 2.30 bits per heavy atom. The van der Waals surface area contributed by atoms with Crippen LogP contribution in [-0.2, 0) is 7.05 Å². The highest BCUT2D eigenvalue weighted by Crippen LogP contribution is 2.31. The zero-order valence-electron chi connectivity index (χ0n) is 19.4. The maximum absolute atomic E-state index is 13.7. The summed E-state index contributed by atoms with van der Waals surface area (Å²) in [7, 11) is 7.60. The zero-order chi connectivity index (χ0) is 23.5. The molecular formula is C25H28N6O2. The van der Waals surface area contributed by atoms with E-state index in [4.69, 9.17) is 16.3 Å². The molecule has 0 aliphatic carbocycles. The normalized spacial score (nSPS) is 14.4. The summed E-state index contributed by atoms with van der Waals surface area (Å²) in [5.74, 6) is 1.67. The fourth-order valence-corrected chi connectivity index (χ4v) is 4.27. The Labute approximate surface area is 193 Å². The first-order valence-electron chi connectivity index (χ1n) is 10.9. The molecule has 2 aromatic heterocycles. The molecule has 0 spiro atoms. The topological polar surface area (TPSA) is 67.9 Å². The number of pyridine rings is 1. The highest BCUT2D eigenvalue weighted by Gasteiger charge is 2.26. The summed E-state index contributed by atoms with van der Waals surface area (Å²) in [4.78, 5) is 30.7. The van der Waals surface area contributed by atoms with Crippen LogP contribution in [0.5, 0.6) is 5.75 Å². The number of methoxy groups -OCH3 is 1. The van der Waals surface area contributed by atoms with Gasteiger partial charge in [-0.15, -0.1) is 4.98 Å². The molecule has 1 aliphatic rings. The third kappa shape index (κ3) is 4.45. The highest BCUT2D eigenvalue weighted by atomic mass is 16.5. The Hall–Kier alpha value is -3.70. The van der Waals surface area contributed by atoms with E-state index in [0.717, 1.165) is 31.5 Å². The van der Waals surface area contributed by atoms with Gasteiger partial charge in [-0.25, -0.2) is 4.98 Å². The van der Waals surface area contributed by atoms with E-state index in [9.17, 15) is 4.79 Å². The van der Waals surface area contributed by atoms with Crippen LogP contribution < -0.4 is 15.2 Å². The molecule has 1 aliphatic heterocycles. The Balaban J connectivity index is 1.84. The number of nitrogens with zero attached hydrogens (tertiary/aromatic N) is 6. The van der Waals surface area contributed by atoms with Crippen molar-refractivity contribution in [2.75, 3.05) is 39.2 Å². The molecule has 8 nitrogen and oxygen atoms in total. The lowest BCUT2D eigenvalue weighted by Gasteiger charge is -2.36. The minimum absolute atomic E-state index is 0.121. The molecule has 0 bridgehead atoms. The summed E-state index contributed by atoms with van der Waals surface area (Å²) in [5.41, 5.74) is 2.41. The monoisotopic (exact) mass is 444 g/mol. The van der Waals surface area contributed by atoms with Crippen LogP contribution in [0.4, 0.5) is 11.8 Å². The smallest absolute Gasteiger partial charge is 0.269 e. The van der Waals surface area contributed by atoms with Gasteiger partial charge in [-0.2, -0.15) is 0 Å². The molecule has 0 radical (unpaired) electrons. The molecule has 4 rings (SSSR count). The van der Waals surface area contributed by atoms with Crippen LogP contribution in [0.25, 0.3) is 27.2 Å². The van der Waals surface area contributed by atoms with E-state index in [1.807, 2.05) is 24.3 Å². The number of anilines is 1. The molecule has 8 heteroatoms. The molecule has 0 atom stereocenters. The number of hydrogen-bond donors (Lipinski definition) is 0. The van der Waals surface area contributed by atoms with Gasteiger partial charge in [0.05, 0.1) is 18.4 Å². The molecule has 0 saturated carbocycles. The molecule has 33 heavy (non-hydrogen) atoms. The second-order valence-corrected chi connectivity index (χ2v) is 8.43. The fraction of sp³-hybridized carbons (Fsp3) is 0.360. The molecule has 1 aromatic carbocycles. The average Bonchev–Trinajstić information content (AvgIpc) is 2.86. The first kappa shape index (κ1) is 22.5. The Kier molecular flexibility index (Phi) is 6.43. The Morgan fingerprint density at radius 2 is 1.76 bits per heavy atom. The molecule has 170 valence electrons. The largest absolute Gasteiger partial charge is 0.497 e. The van der Waals surface area contributed by atoms with Crippen LogP contribution in [0, 0.1) is 6.57 Å². The van der Waals surface area contributed by atoms with E-state index in [2.05, 4.69) is 33.7 Å². The van der Waals surface area contributed by atoms with Crippen molar-refractivity contribution in [3.8, 4) is 28.1 Å². The van der Waals surface area contributed by atoms with E-state index in [-0.39, 0.29) is 5.56 Å². The Bertz CT molecular complexity index is 1220. The molecule has 0 unspecified atom stereocenters. The van der Waals surface area contributed by atoms with Crippen LogP contribution in [0.3, 0.4) is 0 Å². The van der Waals surface area contributed by atoms with Gasteiger partial charge in [-0.3, -0.25) is 9.36 Å². The summed E-state index contributed by atoms with van der Waals surface area (Å²) >= 11 is 0. The molecule has 3 heterocycles. The van der Waals surface area contributed by atoms with E-state index in [0.29, 0.717) is 40.4 Å². The number of piperidine rings is 1. The number of aromatic nitrogens is 3. The number of ether oxygens (including phenoxy) is 1. The van der Waals surface area contributed by atoms with E-state index in [1.165, 1.54) is 0 Å². The van der Waals surface area contributed by atoms with E-state index < -0.39 is 0 Å². The second-order valence-electron chi connectivity index (χ2n) is 8.43. The number of rotatable bonds is 5. The van der Waals surface area contributed by atoms with Crippen molar-refractivity contribution in [2.45, 2.75) is 18.9 Å². The summed E-state index contributed by atoms with van der Waals surface area (Å²) in [5, 5.41) is 0. The summed E-state index contributed by atoms with van der Waals surface area (Å²) in [6.07, 6.45) is 3.64. The van der Waals surface area contributed by atoms with E-state index >= 15 is 0 Å². The van der Waals surface area contributed by atoms with Crippen molar-refractivity contribution in [3.05, 3.63) is 64.4 Å². The highest BCUT2D eigenvalue weighted by molar-refractivity contribution is 5.81. The standard InChI is InChI=1S/C25H28N6O2/c1-26-21-11-8-18(16-27-21)23-22(17-6-9-20(33-5)10-7-17)24(32)30(4)25(28-23)31-14-12-19(13-15-31)29(2)3/h6-11,16,19H,12-15H2,2-5H3. The van der Waals surface area contributed by atoms with Crippen molar-refractivity contribution in [3.63, 3.8) is 0 Å². The zero-order valence-corrected chi connectivity index (χ0v) is 19.4. The van der Waals surface area contributed by atoms with Crippen molar-refractivity contribution in [1.82, 2.24) is 19.4 Å². The van der Waals surface area contributed by atoms with Crippen molar-refractivity contribution >= 4 is 11.8 Å². The SMILES string of the molecule is [C-]#[N+]c1ccc(-c2nc(N3CCC(N(C)C)CC3)n(C)c(=O)c2-c2ccc(OC)cc2)cn1. The van der Waals surface area contributed by atoms with Gasteiger partial charge in [-0.1, -0.05) is 24.8 Å². The van der Waals surface area contributed by atoms with Crippen LogP contribution in [0.2, 0.25) is 0 Å². The van der Waals surface area contributed by atoms with Crippen LogP contribution in [-0.4, -0.2) is 59.8 Å². The summed E-state index contributed by atoms with van der Waals surface area (Å²) in [6, 6.07) is 11.4. The lowest BCUT2D eigenvalue weighted by atomic mass is 10.0. The predicted molar refractivity (Wildman–Crippen MR) is 130 cm³/mol. The van der Waals surface area contributed by atoms with Crippen LogP contribution >= 0.6 is 0 Å². The lowest BCUT2D eigenvalue weighted by molar-refractivity contribution is 0.248. The fourth-order valence-electron chi connectivity index (χ4n) is 4.27. The quantitative estimate of drug-likeness (QED) is 0.560. The first-order chi connectivity index (χ1) is 15.9. The number of hydrogen-bond acceptors (Lipinski definition) is 6. The van der Waals surface area contributed by atoms with Gasteiger partial charge < -0.3 is 19.4 Å². The molecule has 3 aromatic rings. The van der Waals surface area contributed by atoms with Gasteiger partial charge in [0, 0.05) is 31.7 Å². The lowest BCUT2D eigenvalue weighted by Crippen LogP contribution is -2.44. The maximum Gasteiger partial charge on any atom is 0.269 e. The second kappa shape index (κ2) is 9.43. The predicted octanol–water partition coefficient (Wildman–Crippen LogP) is 3.60. The van der Waals surface area contributed by atoms with Gasteiger partial charge in [0.25, 0.3) is 11.4 Å². The molecule has 0 N–H and O–H groups in total. The average molecular weight is 445 g/mol. The van der Waals surface area contributed by atoms with Gasteiger partial charge in [0.15, 0.2) is 0 Å². The minimum Gasteiger partial charge on any atom is -0.497 e. The molecule has 1 saturated heterocycles. The summed E-state index contributed by atoms with van der Waals surface area (Å²) in [6.45, 7) is 8.85. The van der Waals surface area contributed by atoms with Gasteiger partial charge in [0.1, 0.15) is 11.9 Å². The van der Waals surface area contributed by atoms with Crippen LogP contribution in [0.1, 0.15) is 12.8 Å². The van der Waals surface area contributed by atoms with Crippen molar-refractivity contribution in [2.24, 2.45) is 7.05 Å². The molecular weight excluding hydrogens is 416 g/mol. The minimum atomic E-state index is -0.121. The van der Waals surface area contributed by atoms with Crippen molar-refractivity contribution < 1.29 is 4.74 Å². The summed E-state index contributed by atoms with van der Waals surface area (Å²) < 4.78 is 6.91. The molecule has 0 amide bonds.